The van der Waals surface area contributed by atoms with Gasteiger partial charge in [-0.15, -0.1) is 0 Å². The van der Waals surface area contributed by atoms with Gasteiger partial charge in [-0.05, 0) is 82.2 Å². The van der Waals surface area contributed by atoms with Crippen molar-refractivity contribution in [2.24, 2.45) is 0 Å². The Labute approximate surface area is 277 Å². The monoisotopic (exact) mass is 610 g/mol. The molecule has 0 saturated carbocycles. The molecule has 0 amide bonds. The maximum absolute atomic E-state index is 8.49. The van der Waals surface area contributed by atoms with Crippen molar-refractivity contribution in [1.82, 2.24) is 9.13 Å². The lowest BCUT2D eigenvalue weighted by Gasteiger charge is -2.19. The Hall–Kier alpha value is -6.88. The highest BCUT2D eigenvalue weighted by atomic mass is 15.0. The molecule has 0 unspecified atom stereocenters. The van der Waals surface area contributed by atoms with Crippen molar-refractivity contribution in [3.8, 4) is 33.6 Å². The molecule has 0 bridgehead atoms. The predicted octanol–water partition coefficient (Wildman–Crippen LogP) is 12.3. The van der Waals surface area contributed by atoms with Crippen LogP contribution in [0.1, 0.15) is 0 Å². The molecule has 0 atom stereocenters. The first-order valence-corrected chi connectivity index (χ1v) is 15.8. The highest BCUT2D eigenvalue weighted by molar-refractivity contribution is 6.12. The number of para-hydroxylation sites is 3. The van der Waals surface area contributed by atoms with Crippen molar-refractivity contribution in [1.29, 1.82) is 0 Å². The Morgan fingerprint density at radius 2 is 0.979 bits per heavy atom. The zero-order valence-corrected chi connectivity index (χ0v) is 25.8. The van der Waals surface area contributed by atoms with E-state index in [1.54, 1.807) is 0 Å². The number of hydrogen-bond acceptors (Lipinski definition) is 0. The van der Waals surface area contributed by atoms with Crippen LogP contribution in [-0.4, -0.2) is 9.13 Å². The fourth-order valence-electron chi connectivity index (χ4n) is 7.24. The molecule has 2 aromatic heterocycles. The summed E-state index contributed by atoms with van der Waals surface area (Å²) in [6.07, 6.45) is 0. The summed E-state index contributed by atoms with van der Waals surface area (Å²) in [5, 5.41) is 4.47. The van der Waals surface area contributed by atoms with Crippen LogP contribution in [0.2, 0.25) is 0 Å². The molecule has 7 aromatic carbocycles. The summed E-state index contributed by atoms with van der Waals surface area (Å²) in [5.74, 6) is 0. The van der Waals surface area contributed by atoms with E-state index < -0.39 is 0 Å². The van der Waals surface area contributed by atoms with E-state index in [-0.39, 0.29) is 0 Å². The topological polar surface area (TPSA) is 18.6 Å². The molecular weight excluding hydrogens is 585 g/mol. The van der Waals surface area contributed by atoms with Crippen LogP contribution < -0.4 is 0 Å². The average molecular weight is 611 g/mol. The van der Waals surface area contributed by atoms with E-state index >= 15 is 0 Å². The Morgan fingerprint density at radius 3 is 1.65 bits per heavy atom. The van der Waals surface area contributed by atoms with Gasteiger partial charge in [-0.2, -0.15) is 0 Å². The van der Waals surface area contributed by atoms with Gasteiger partial charge in [-0.3, -0.25) is 0 Å². The Balaban J connectivity index is 1.38. The summed E-state index contributed by atoms with van der Waals surface area (Å²) in [4.78, 5) is 7.90. The summed E-state index contributed by atoms with van der Waals surface area (Å²) < 4.78 is 4.54. The maximum atomic E-state index is 8.49. The predicted molar refractivity (Wildman–Crippen MR) is 199 cm³/mol. The fourth-order valence-corrected chi connectivity index (χ4v) is 7.24. The maximum Gasteiger partial charge on any atom is 0.211 e. The van der Waals surface area contributed by atoms with Crippen LogP contribution in [0.5, 0.6) is 0 Å². The first kappa shape index (κ1) is 27.4. The second-order valence-corrected chi connectivity index (χ2v) is 12.0. The van der Waals surface area contributed by atoms with Crippen LogP contribution in [0.4, 0.5) is 11.4 Å². The normalized spacial score (nSPS) is 11.3. The Bertz CT molecular complexity index is 2750. The van der Waals surface area contributed by atoms with Gasteiger partial charge in [0.2, 0.25) is 5.69 Å². The second-order valence-electron chi connectivity index (χ2n) is 12.0. The van der Waals surface area contributed by atoms with E-state index in [2.05, 4.69) is 122 Å². The van der Waals surface area contributed by atoms with Gasteiger partial charge in [0.1, 0.15) is 0 Å². The summed E-state index contributed by atoms with van der Waals surface area (Å²) in [7, 11) is 0. The van der Waals surface area contributed by atoms with E-state index in [1.165, 1.54) is 10.8 Å². The molecule has 0 aliphatic carbocycles. The molecule has 0 radical (unpaired) electrons. The second kappa shape index (κ2) is 10.9. The van der Waals surface area contributed by atoms with Crippen molar-refractivity contribution < 1.29 is 0 Å². The Morgan fingerprint density at radius 1 is 0.396 bits per heavy atom. The SMILES string of the molecule is [C-]#[N+]c1ccc2c(c1)c1ccccc1n2-c1c([N+]#[C-])cc(-c2ccccc2)cc1-c1cccc(-n2c3ccccc3c3ccccc32)c1. The number of hydrogen-bond donors (Lipinski definition) is 0. The third kappa shape index (κ3) is 4.14. The Kier molecular flexibility index (Phi) is 6.22. The molecule has 0 aliphatic rings. The summed E-state index contributed by atoms with van der Waals surface area (Å²) in [6.45, 7) is 16.2. The molecule has 0 saturated heterocycles. The highest BCUT2D eigenvalue weighted by Gasteiger charge is 2.21. The van der Waals surface area contributed by atoms with Crippen LogP contribution in [-0.2, 0) is 0 Å². The number of aromatic nitrogens is 2. The number of benzene rings is 7. The smallest absolute Gasteiger partial charge is 0.211 e. The molecule has 9 rings (SSSR count). The lowest BCUT2D eigenvalue weighted by molar-refractivity contribution is 1.17. The zero-order valence-electron chi connectivity index (χ0n) is 25.8. The molecule has 0 spiro atoms. The van der Waals surface area contributed by atoms with E-state index in [9.17, 15) is 0 Å². The molecule has 4 nitrogen and oxygen atoms in total. The van der Waals surface area contributed by atoms with Gasteiger partial charge < -0.3 is 9.13 Å². The van der Waals surface area contributed by atoms with E-state index in [0.717, 1.165) is 66.5 Å². The van der Waals surface area contributed by atoms with Crippen LogP contribution in [0.15, 0.2) is 158 Å². The van der Waals surface area contributed by atoms with Crippen molar-refractivity contribution in [2.75, 3.05) is 0 Å². The number of rotatable bonds is 4. The van der Waals surface area contributed by atoms with Gasteiger partial charge in [-0.1, -0.05) is 103 Å². The van der Waals surface area contributed by atoms with Crippen LogP contribution >= 0.6 is 0 Å². The summed E-state index contributed by atoms with van der Waals surface area (Å²) in [6, 6.07) is 54.3. The van der Waals surface area contributed by atoms with Crippen molar-refractivity contribution >= 4 is 55.0 Å². The molecule has 0 N–H and O–H groups in total. The molecule has 2 heterocycles. The van der Waals surface area contributed by atoms with Gasteiger partial charge in [0.15, 0.2) is 5.69 Å². The first-order valence-electron chi connectivity index (χ1n) is 15.8. The standard InChI is InChI=1S/C44H26N4/c1-45-32-23-24-43-38(28-32)36-19-8-11-22-42(36)48(43)44-37(26-31(27-39(44)46-2)29-13-4-3-5-14-29)30-15-12-16-33(25-30)47-40-20-9-6-17-34(40)35-18-7-10-21-41(35)47/h3-28H. The third-order valence-corrected chi connectivity index (χ3v) is 9.32. The van der Waals surface area contributed by atoms with Gasteiger partial charge in [-0.25, -0.2) is 9.69 Å². The first-order chi connectivity index (χ1) is 23.7. The fraction of sp³-hybridized carbons (Fsp3) is 0. The zero-order chi connectivity index (χ0) is 32.2. The molecule has 4 heteroatoms. The molecule has 222 valence electrons. The van der Waals surface area contributed by atoms with Crippen LogP contribution in [0, 0.1) is 13.1 Å². The lowest BCUT2D eigenvalue weighted by atomic mass is 9.95. The quantitative estimate of drug-likeness (QED) is 0.177. The largest absolute Gasteiger partial charge is 0.318 e. The number of nitrogens with zero attached hydrogens (tertiary/aromatic N) is 4. The minimum atomic E-state index is 0.561. The molecule has 9 aromatic rings. The molecule has 0 fully saturated rings. The van der Waals surface area contributed by atoms with E-state index in [4.69, 9.17) is 13.1 Å². The van der Waals surface area contributed by atoms with Gasteiger partial charge in [0.25, 0.3) is 0 Å². The molecule has 48 heavy (non-hydrogen) atoms. The number of fused-ring (bicyclic) bond motifs is 6. The van der Waals surface area contributed by atoms with E-state index in [0.29, 0.717) is 11.4 Å². The third-order valence-electron chi connectivity index (χ3n) is 9.32. The summed E-state index contributed by atoms with van der Waals surface area (Å²) in [5.41, 5.74) is 11.3. The van der Waals surface area contributed by atoms with Crippen molar-refractivity contribution in [3.63, 3.8) is 0 Å². The van der Waals surface area contributed by atoms with Crippen LogP contribution in [0.25, 0.3) is 86.9 Å². The average Bonchev–Trinajstić information content (AvgIpc) is 3.67. The van der Waals surface area contributed by atoms with Crippen LogP contribution in [0.3, 0.4) is 0 Å². The highest BCUT2D eigenvalue weighted by Crippen LogP contribution is 2.44. The van der Waals surface area contributed by atoms with Gasteiger partial charge in [0, 0.05) is 21.8 Å². The minimum absolute atomic E-state index is 0.561. The van der Waals surface area contributed by atoms with Crippen molar-refractivity contribution in [2.45, 2.75) is 0 Å². The van der Waals surface area contributed by atoms with Gasteiger partial charge >= 0.3 is 0 Å². The van der Waals surface area contributed by atoms with Gasteiger partial charge in [0.05, 0.1) is 40.9 Å². The lowest BCUT2D eigenvalue weighted by Crippen LogP contribution is -2.00. The minimum Gasteiger partial charge on any atom is -0.318 e. The summed E-state index contributed by atoms with van der Waals surface area (Å²) >= 11 is 0. The molecular formula is C44H26N4. The molecule has 0 aliphatic heterocycles. The van der Waals surface area contributed by atoms with Crippen molar-refractivity contribution in [3.05, 3.63) is 181 Å². The van der Waals surface area contributed by atoms with E-state index in [1.807, 2.05) is 54.6 Å².